The second-order valence-electron chi connectivity index (χ2n) is 7.80. The zero-order valence-electron chi connectivity index (χ0n) is 16.8. The summed E-state index contributed by atoms with van der Waals surface area (Å²) in [7, 11) is 0. The number of benzene rings is 2. The number of nitrogens with one attached hydrogen (secondary N) is 2. The quantitative estimate of drug-likeness (QED) is 0.411. The molecule has 0 heterocycles. The summed E-state index contributed by atoms with van der Waals surface area (Å²) in [6.45, 7) is 0. The average molecular weight is 448 g/mol. The molecule has 0 atom stereocenters. The van der Waals surface area contributed by atoms with Gasteiger partial charge in [-0.05, 0) is 68.1 Å². The van der Waals surface area contributed by atoms with Gasteiger partial charge in [-0.15, -0.1) is 0 Å². The largest absolute Gasteiger partial charge is 0.490 e. The van der Waals surface area contributed by atoms with Gasteiger partial charge in [0.15, 0.2) is 0 Å². The summed E-state index contributed by atoms with van der Waals surface area (Å²) in [5, 5.41) is 5.90. The molecule has 0 saturated heterocycles. The Kier molecular flexibility index (Phi) is 5.90. The lowest BCUT2D eigenvalue weighted by Gasteiger charge is -2.31. The molecule has 1 aliphatic carbocycles. The highest BCUT2D eigenvalue weighted by molar-refractivity contribution is 5.78. The molecule has 9 heteroatoms. The number of ether oxygens (including phenoxy) is 1. The van der Waals surface area contributed by atoms with Crippen LogP contribution in [-0.4, -0.2) is 12.1 Å². The second kappa shape index (κ2) is 8.64. The summed E-state index contributed by atoms with van der Waals surface area (Å²) in [6.07, 6.45) is -1.95. The molecule has 1 aliphatic rings. The third-order valence-electron chi connectivity index (χ3n) is 5.51. The molecule has 3 aromatic carbocycles. The van der Waals surface area contributed by atoms with Crippen molar-refractivity contribution in [1.82, 2.24) is 0 Å². The van der Waals surface area contributed by atoms with Gasteiger partial charge in [0.2, 0.25) is 0 Å². The molecule has 0 radical (unpaired) electrons. The maximum atomic E-state index is 13.4. The van der Waals surface area contributed by atoms with Gasteiger partial charge in [0.05, 0.1) is 11.7 Å². The molecule has 1 saturated carbocycles. The van der Waals surface area contributed by atoms with E-state index in [1.165, 1.54) is 30.3 Å². The molecule has 5 nitrogen and oxygen atoms in total. The van der Waals surface area contributed by atoms with E-state index in [1.54, 1.807) is 6.07 Å². The average Bonchev–Trinajstić information content (AvgIpc) is 2.77. The van der Waals surface area contributed by atoms with E-state index in [4.69, 9.17) is 4.74 Å². The first-order valence-corrected chi connectivity index (χ1v) is 10.2. The predicted octanol–water partition coefficient (Wildman–Crippen LogP) is 4.99. The molecule has 0 aliphatic heterocycles. The molecule has 0 aromatic heterocycles. The van der Waals surface area contributed by atoms with Gasteiger partial charge in [0.1, 0.15) is 22.9 Å². The molecule has 2 N–H and O–H groups in total. The minimum atomic E-state index is -4.39. The van der Waals surface area contributed by atoms with Crippen LogP contribution in [0.1, 0.15) is 31.2 Å². The first kappa shape index (κ1) is 21.9. The SMILES string of the molecule is O=c1c(Nc2cccc(F)c2)c(NC2CCC(Oc3ccc(C(F)(F)F)cc3)CC2)c1=O. The normalized spacial score (nSPS) is 19.0. The van der Waals surface area contributed by atoms with Gasteiger partial charge in [-0.3, -0.25) is 9.59 Å². The van der Waals surface area contributed by atoms with Crippen LogP contribution in [0, 0.1) is 5.82 Å². The topological polar surface area (TPSA) is 67.4 Å². The van der Waals surface area contributed by atoms with Crippen LogP contribution < -0.4 is 26.2 Å². The highest BCUT2D eigenvalue weighted by Gasteiger charge is 2.31. The molecule has 4 rings (SSSR count). The van der Waals surface area contributed by atoms with Gasteiger partial charge < -0.3 is 15.4 Å². The van der Waals surface area contributed by atoms with Gasteiger partial charge in [0.25, 0.3) is 10.9 Å². The molecule has 0 bridgehead atoms. The summed E-state index contributed by atoms with van der Waals surface area (Å²) >= 11 is 0. The number of halogens is 4. The van der Waals surface area contributed by atoms with Gasteiger partial charge >= 0.3 is 6.18 Å². The number of anilines is 3. The lowest BCUT2D eigenvalue weighted by Crippen LogP contribution is -2.40. The van der Waals surface area contributed by atoms with E-state index < -0.39 is 28.4 Å². The third kappa shape index (κ3) is 4.76. The lowest BCUT2D eigenvalue weighted by molar-refractivity contribution is -0.137. The molecule has 168 valence electrons. The Balaban J connectivity index is 1.32. The molecular weight excluding hydrogens is 428 g/mol. The van der Waals surface area contributed by atoms with E-state index >= 15 is 0 Å². The van der Waals surface area contributed by atoms with Crippen LogP contribution in [-0.2, 0) is 6.18 Å². The van der Waals surface area contributed by atoms with Crippen LogP contribution in [0.2, 0.25) is 0 Å². The number of hydrogen-bond donors (Lipinski definition) is 2. The summed E-state index contributed by atoms with van der Waals surface area (Å²) < 4.78 is 57.1. The predicted molar refractivity (Wildman–Crippen MR) is 113 cm³/mol. The smallest absolute Gasteiger partial charge is 0.416 e. The fraction of sp³-hybridized carbons (Fsp3) is 0.304. The Hall–Kier alpha value is -3.36. The number of hydrogen-bond acceptors (Lipinski definition) is 5. The van der Waals surface area contributed by atoms with Gasteiger partial charge in [-0.2, -0.15) is 13.2 Å². The highest BCUT2D eigenvalue weighted by atomic mass is 19.4. The number of alkyl halides is 3. The first-order valence-electron chi connectivity index (χ1n) is 10.2. The van der Waals surface area contributed by atoms with Crippen molar-refractivity contribution >= 4 is 17.1 Å². The van der Waals surface area contributed by atoms with Crippen molar-refractivity contribution in [3.05, 3.63) is 80.4 Å². The third-order valence-corrected chi connectivity index (χ3v) is 5.51. The van der Waals surface area contributed by atoms with E-state index in [1.807, 2.05) is 0 Å². The highest BCUT2D eigenvalue weighted by Crippen LogP contribution is 2.32. The maximum Gasteiger partial charge on any atom is 0.416 e. The number of rotatable bonds is 6. The van der Waals surface area contributed by atoms with E-state index in [0.717, 1.165) is 12.1 Å². The standard InChI is InChI=1S/C23H20F4N2O3/c24-14-2-1-3-16(12-14)29-20-19(21(30)22(20)31)28-15-6-10-18(11-7-15)32-17-8-4-13(5-9-17)23(25,26)27/h1-5,8-9,12,15,18,28-29H,6-7,10-11H2. The minimum absolute atomic E-state index is 0.0567. The van der Waals surface area contributed by atoms with Crippen molar-refractivity contribution in [3.63, 3.8) is 0 Å². The van der Waals surface area contributed by atoms with Crippen molar-refractivity contribution < 1.29 is 22.3 Å². The summed E-state index contributed by atoms with van der Waals surface area (Å²) in [6, 6.07) is 10.1. The fourth-order valence-corrected chi connectivity index (χ4v) is 3.80. The van der Waals surface area contributed by atoms with Crippen LogP contribution >= 0.6 is 0 Å². The van der Waals surface area contributed by atoms with Crippen LogP contribution in [0.25, 0.3) is 0 Å². The Morgan fingerprint density at radius 3 is 2.16 bits per heavy atom. The Morgan fingerprint density at radius 2 is 1.53 bits per heavy atom. The lowest BCUT2D eigenvalue weighted by atomic mass is 9.92. The molecular formula is C23H20F4N2O3. The van der Waals surface area contributed by atoms with E-state index in [9.17, 15) is 27.2 Å². The molecule has 0 amide bonds. The zero-order chi connectivity index (χ0) is 22.9. The van der Waals surface area contributed by atoms with E-state index in [0.29, 0.717) is 37.1 Å². The maximum absolute atomic E-state index is 13.4. The van der Waals surface area contributed by atoms with E-state index in [-0.39, 0.29) is 23.5 Å². The van der Waals surface area contributed by atoms with Crippen molar-refractivity contribution in [2.45, 2.75) is 44.0 Å². The van der Waals surface area contributed by atoms with Crippen molar-refractivity contribution in [3.8, 4) is 5.75 Å². The van der Waals surface area contributed by atoms with Crippen molar-refractivity contribution in [1.29, 1.82) is 0 Å². The second-order valence-corrected chi connectivity index (χ2v) is 7.80. The van der Waals surface area contributed by atoms with Crippen LogP contribution in [0.15, 0.2) is 58.1 Å². The summed E-state index contributed by atoms with van der Waals surface area (Å²) in [5.41, 5.74) is -1.33. The van der Waals surface area contributed by atoms with Crippen molar-refractivity contribution in [2.75, 3.05) is 10.6 Å². The van der Waals surface area contributed by atoms with Crippen LogP contribution in [0.5, 0.6) is 5.75 Å². The molecule has 0 spiro atoms. The van der Waals surface area contributed by atoms with Gasteiger partial charge in [-0.25, -0.2) is 4.39 Å². The Morgan fingerprint density at radius 1 is 0.875 bits per heavy atom. The summed E-state index contributed by atoms with van der Waals surface area (Å²) in [4.78, 5) is 24.0. The minimum Gasteiger partial charge on any atom is -0.490 e. The molecule has 3 aromatic rings. The Bertz CT molecular complexity index is 1160. The van der Waals surface area contributed by atoms with E-state index in [2.05, 4.69) is 10.6 Å². The van der Waals surface area contributed by atoms with Gasteiger partial charge in [-0.1, -0.05) is 6.07 Å². The molecule has 0 unspecified atom stereocenters. The first-order chi connectivity index (χ1) is 15.2. The summed E-state index contributed by atoms with van der Waals surface area (Å²) in [5.74, 6) is -0.0898. The monoisotopic (exact) mass is 448 g/mol. The van der Waals surface area contributed by atoms with Gasteiger partial charge in [0, 0.05) is 11.7 Å². The van der Waals surface area contributed by atoms with Crippen LogP contribution in [0.3, 0.4) is 0 Å². The molecule has 32 heavy (non-hydrogen) atoms. The van der Waals surface area contributed by atoms with Crippen molar-refractivity contribution in [2.24, 2.45) is 0 Å². The fourth-order valence-electron chi connectivity index (χ4n) is 3.80. The molecule has 1 fully saturated rings. The van der Waals surface area contributed by atoms with Crippen LogP contribution in [0.4, 0.5) is 34.6 Å². The zero-order valence-corrected chi connectivity index (χ0v) is 16.8. The Labute approximate surface area is 180 Å².